The van der Waals surface area contributed by atoms with Gasteiger partial charge in [-0.15, -0.1) is 5.10 Å². The van der Waals surface area contributed by atoms with Gasteiger partial charge in [0.25, 0.3) is 5.91 Å². The maximum atomic E-state index is 11.8. The molecule has 1 unspecified atom stereocenters. The van der Waals surface area contributed by atoms with E-state index in [-0.39, 0.29) is 17.6 Å². The lowest BCUT2D eigenvalue weighted by molar-refractivity contribution is -0.122. The van der Waals surface area contributed by atoms with Gasteiger partial charge in [-0.2, -0.15) is 0 Å². The molecule has 0 aliphatic carbocycles. The molecule has 0 spiro atoms. The van der Waals surface area contributed by atoms with Crippen LogP contribution in [0.2, 0.25) is 0 Å². The molecule has 0 radical (unpaired) electrons. The molecule has 0 fully saturated rings. The molecule has 1 atom stereocenters. The first kappa shape index (κ1) is 15.1. The Balaban J connectivity index is 2.56. The second kappa shape index (κ2) is 6.86. The van der Waals surface area contributed by atoms with Crippen molar-refractivity contribution in [2.75, 3.05) is 6.54 Å². The number of hydrogen-bond donors (Lipinski definition) is 3. The minimum absolute atomic E-state index is 0.0545. The first-order valence-corrected chi connectivity index (χ1v) is 6.46. The van der Waals surface area contributed by atoms with E-state index in [1.165, 1.54) is 0 Å². The molecule has 0 aliphatic rings. The number of rotatable bonds is 6. The molecule has 1 heterocycles. The third kappa shape index (κ3) is 4.35. The van der Waals surface area contributed by atoms with Crippen LogP contribution in [0.5, 0.6) is 0 Å². The number of nitrogens with zero attached hydrogens (tertiary/aromatic N) is 2. The fourth-order valence-electron chi connectivity index (χ4n) is 1.36. The molecule has 1 rings (SSSR count). The summed E-state index contributed by atoms with van der Waals surface area (Å²) in [7, 11) is 0. The second-order valence-corrected chi connectivity index (χ2v) is 4.69. The highest BCUT2D eigenvalue weighted by molar-refractivity contribution is 5.94. The van der Waals surface area contributed by atoms with Gasteiger partial charge < -0.3 is 10.6 Å². The minimum Gasteiger partial charge on any atom is -0.354 e. The monoisotopic (exact) mass is 267 g/mol. The second-order valence-electron chi connectivity index (χ2n) is 4.69. The van der Waals surface area contributed by atoms with Crippen molar-refractivity contribution >= 4 is 11.8 Å². The topological polar surface area (TPSA) is 99.8 Å². The molecule has 3 N–H and O–H groups in total. The van der Waals surface area contributed by atoms with Crippen LogP contribution in [0.3, 0.4) is 0 Å². The zero-order valence-electron chi connectivity index (χ0n) is 11.8. The SMILES string of the molecule is CCCNC(=O)C(C)NC(=O)c1n[nH]c(C(C)C)n1. The van der Waals surface area contributed by atoms with E-state index in [4.69, 9.17) is 0 Å². The van der Waals surface area contributed by atoms with Crippen molar-refractivity contribution in [1.29, 1.82) is 0 Å². The number of aromatic nitrogens is 3. The van der Waals surface area contributed by atoms with Gasteiger partial charge in [0.05, 0.1) is 0 Å². The number of amides is 2. The first-order valence-electron chi connectivity index (χ1n) is 6.46. The average molecular weight is 267 g/mol. The molecule has 0 saturated heterocycles. The summed E-state index contributed by atoms with van der Waals surface area (Å²) < 4.78 is 0. The van der Waals surface area contributed by atoms with Crippen molar-refractivity contribution in [2.24, 2.45) is 0 Å². The predicted octanol–water partition coefficient (Wildman–Crippen LogP) is 0.573. The van der Waals surface area contributed by atoms with Gasteiger partial charge in [0.15, 0.2) is 0 Å². The Morgan fingerprint density at radius 3 is 2.53 bits per heavy atom. The van der Waals surface area contributed by atoms with Gasteiger partial charge in [-0.1, -0.05) is 20.8 Å². The summed E-state index contributed by atoms with van der Waals surface area (Å²) >= 11 is 0. The summed E-state index contributed by atoms with van der Waals surface area (Å²) in [5, 5.41) is 11.8. The van der Waals surface area contributed by atoms with Crippen molar-refractivity contribution in [3.8, 4) is 0 Å². The maximum Gasteiger partial charge on any atom is 0.291 e. The smallest absolute Gasteiger partial charge is 0.291 e. The van der Waals surface area contributed by atoms with Gasteiger partial charge in [-0.25, -0.2) is 4.98 Å². The highest BCUT2D eigenvalue weighted by atomic mass is 16.2. The maximum absolute atomic E-state index is 11.8. The molecule has 0 aliphatic heterocycles. The molecule has 0 saturated carbocycles. The van der Waals surface area contributed by atoms with Gasteiger partial charge in [-0.3, -0.25) is 14.7 Å². The number of carbonyl (C=O) groups is 2. The van der Waals surface area contributed by atoms with Crippen molar-refractivity contribution < 1.29 is 9.59 Å². The summed E-state index contributed by atoms with van der Waals surface area (Å²) in [6, 6.07) is -0.611. The molecule has 7 nitrogen and oxygen atoms in total. The van der Waals surface area contributed by atoms with E-state index in [0.29, 0.717) is 12.4 Å². The molecule has 2 amide bonds. The molecular formula is C12H21N5O2. The van der Waals surface area contributed by atoms with Crippen molar-refractivity contribution in [1.82, 2.24) is 25.8 Å². The molecule has 7 heteroatoms. The summed E-state index contributed by atoms with van der Waals surface area (Å²) in [5.74, 6) is 0.198. The Morgan fingerprint density at radius 2 is 2.00 bits per heavy atom. The van der Waals surface area contributed by atoms with Gasteiger partial charge in [0.2, 0.25) is 11.7 Å². The van der Waals surface area contributed by atoms with Crippen LogP contribution in [-0.4, -0.2) is 39.6 Å². The highest BCUT2D eigenvalue weighted by Crippen LogP contribution is 2.07. The van der Waals surface area contributed by atoms with Crippen LogP contribution in [0.4, 0.5) is 0 Å². The molecule has 1 aromatic heterocycles. The van der Waals surface area contributed by atoms with E-state index in [9.17, 15) is 9.59 Å². The number of carbonyl (C=O) groups excluding carboxylic acids is 2. The third-order valence-electron chi connectivity index (χ3n) is 2.54. The van der Waals surface area contributed by atoms with Crippen molar-refractivity contribution in [3.05, 3.63) is 11.6 Å². The van der Waals surface area contributed by atoms with E-state index in [2.05, 4.69) is 25.8 Å². The molecule has 106 valence electrons. The fraction of sp³-hybridized carbons (Fsp3) is 0.667. The van der Waals surface area contributed by atoms with Crippen molar-refractivity contribution in [3.63, 3.8) is 0 Å². The quantitative estimate of drug-likeness (QED) is 0.701. The van der Waals surface area contributed by atoms with Gasteiger partial charge in [0.1, 0.15) is 11.9 Å². The van der Waals surface area contributed by atoms with E-state index in [0.717, 1.165) is 6.42 Å². The molecule has 1 aromatic rings. The Morgan fingerprint density at radius 1 is 1.32 bits per heavy atom. The molecule has 19 heavy (non-hydrogen) atoms. The Kier molecular flexibility index (Phi) is 5.47. The number of hydrogen-bond acceptors (Lipinski definition) is 4. The van der Waals surface area contributed by atoms with E-state index in [1.807, 2.05) is 20.8 Å². The summed E-state index contributed by atoms with van der Waals surface area (Å²) in [5.41, 5.74) is 0. The van der Waals surface area contributed by atoms with Gasteiger partial charge in [-0.05, 0) is 13.3 Å². The zero-order valence-corrected chi connectivity index (χ0v) is 11.8. The predicted molar refractivity (Wildman–Crippen MR) is 70.7 cm³/mol. The van der Waals surface area contributed by atoms with E-state index < -0.39 is 11.9 Å². The summed E-state index contributed by atoms with van der Waals surface area (Å²) in [4.78, 5) is 27.5. The zero-order chi connectivity index (χ0) is 14.4. The van der Waals surface area contributed by atoms with Crippen LogP contribution in [0.25, 0.3) is 0 Å². The fourth-order valence-corrected chi connectivity index (χ4v) is 1.36. The van der Waals surface area contributed by atoms with Crippen molar-refractivity contribution in [2.45, 2.75) is 46.1 Å². The third-order valence-corrected chi connectivity index (χ3v) is 2.54. The standard InChI is InChI=1S/C12H21N5O2/c1-5-6-13-11(18)8(4)14-12(19)10-15-9(7(2)3)16-17-10/h7-8H,5-6H2,1-4H3,(H,13,18)(H,14,19)(H,15,16,17). The van der Waals surface area contributed by atoms with Crippen LogP contribution in [0.15, 0.2) is 0 Å². The summed E-state index contributed by atoms with van der Waals surface area (Å²) in [6.07, 6.45) is 0.852. The lowest BCUT2D eigenvalue weighted by atomic mass is 10.2. The van der Waals surface area contributed by atoms with E-state index >= 15 is 0 Å². The van der Waals surface area contributed by atoms with Crippen LogP contribution < -0.4 is 10.6 Å². The largest absolute Gasteiger partial charge is 0.354 e. The van der Waals surface area contributed by atoms with Crippen LogP contribution in [0.1, 0.15) is 56.5 Å². The Bertz CT molecular complexity index is 441. The van der Waals surface area contributed by atoms with E-state index in [1.54, 1.807) is 6.92 Å². The Labute approximate surface area is 112 Å². The van der Waals surface area contributed by atoms with Crippen LogP contribution in [0, 0.1) is 0 Å². The lowest BCUT2D eigenvalue weighted by Gasteiger charge is -2.12. The Hall–Kier alpha value is -1.92. The molecular weight excluding hydrogens is 246 g/mol. The normalized spacial score (nSPS) is 12.3. The number of aromatic amines is 1. The van der Waals surface area contributed by atoms with Crippen LogP contribution >= 0.6 is 0 Å². The number of nitrogens with one attached hydrogen (secondary N) is 3. The minimum atomic E-state index is -0.611. The number of H-pyrrole nitrogens is 1. The average Bonchev–Trinajstić information content (AvgIpc) is 2.85. The molecule has 0 bridgehead atoms. The molecule has 0 aromatic carbocycles. The van der Waals surface area contributed by atoms with Crippen LogP contribution in [-0.2, 0) is 4.79 Å². The summed E-state index contributed by atoms with van der Waals surface area (Å²) in [6.45, 7) is 8.08. The van der Waals surface area contributed by atoms with Gasteiger partial charge in [0, 0.05) is 12.5 Å². The van der Waals surface area contributed by atoms with Gasteiger partial charge >= 0.3 is 0 Å². The highest BCUT2D eigenvalue weighted by Gasteiger charge is 2.19. The lowest BCUT2D eigenvalue weighted by Crippen LogP contribution is -2.45. The first-order chi connectivity index (χ1) is 8.95.